The zero-order chi connectivity index (χ0) is 10.9. The molecule has 2 nitrogen and oxygen atoms in total. The molecule has 0 aromatic carbocycles. The Balaban J connectivity index is 2.86. The van der Waals surface area contributed by atoms with Gasteiger partial charge in [0.05, 0.1) is 12.1 Å². The average molecular weight is 206 g/mol. The number of hydrogen-bond acceptors (Lipinski definition) is 1. The third-order valence-corrected chi connectivity index (χ3v) is 1.94. The van der Waals surface area contributed by atoms with E-state index >= 15 is 0 Å². The summed E-state index contributed by atoms with van der Waals surface area (Å²) in [5.41, 5.74) is 0.910. The van der Waals surface area contributed by atoms with Gasteiger partial charge in [-0.25, -0.2) is 0 Å². The van der Waals surface area contributed by atoms with Crippen LogP contribution >= 0.6 is 0 Å². The van der Waals surface area contributed by atoms with Crippen LogP contribution in [0, 0.1) is 0 Å². The Labute approximate surface area is 80.7 Å². The molecule has 1 aromatic rings. The molecule has 0 saturated carbocycles. The molecule has 0 spiro atoms. The first-order chi connectivity index (χ1) is 6.29. The first-order valence-electron chi connectivity index (χ1n) is 4.39. The third-order valence-electron chi connectivity index (χ3n) is 1.94. The van der Waals surface area contributed by atoms with Gasteiger partial charge in [0, 0.05) is 12.7 Å². The van der Waals surface area contributed by atoms with Crippen LogP contribution in [0.2, 0.25) is 0 Å². The van der Waals surface area contributed by atoms with Gasteiger partial charge in [-0.1, -0.05) is 13.8 Å². The van der Waals surface area contributed by atoms with Crippen molar-refractivity contribution in [3.05, 3.63) is 17.5 Å². The molecule has 1 aromatic heterocycles. The summed E-state index contributed by atoms with van der Waals surface area (Å²) in [6.07, 6.45) is -5.13. The van der Waals surface area contributed by atoms with Gasteiger partial charge >= 0.3 is 6.18 Å². The van der Waals surface area contributed by atoms with E-state index in [0.717, 1.165) is 5.69 Å². The lowest BCUT2D eigenvalue weighted by molar-refractivity contribution is -0.127. The molecule has 0 N–H and O–H groups in total. The summed E-state index contributed by atoms with van der Waals surface area (Å²) in [6, 6.07) is 1.51. The van der Waals surface area contributed by atoms with Gasteiger partial charge in [-0.15, -0.1) is 0 Å². The second kappa shape index (κ2) is 3.63. The third kappa shape index (κ3) is 2.75. The molecule has 0 radical (unpaired) electrons. The summed E-state index contributed by atoms with van der Waals surface area (Å²) < 4.78 is 37.6. The molecule has 0 aliphatic carbocycles. The first kappa shape index (κ1) is 11.1. The molecule has 0 saturated heterocycles. The number of halogens is 3. The molecule has 0 unspecified atom stereocenters. The summed E-state index contributed by atoms with van der Waals surface area (Å²) in [5.74, 6) is 0.189. The quantitative estimate of drug-likeness (QED) is 0.727. The van der Waals surface area contributed by atoms with E-state index in [1.54, 1.807) is 7.05 Å². The summed E-state index contributed by atoms with van der Waals surface area (Å²) in [6.45, 7) is 3.85. The van der Waals surface area contributed by atoms with Crippen molar-refractivity contribution in [2.75, 3.05) is 0 Å². The molecular weight excluding hydrogens is 193 g/mol. The van der Waals surface area contributed by atoms with E-state index in [1.165, 1.54) is 10.7 Å². The molecule has 0 atom stereocenters. The lowest BCUT2D eigenvalue weighted by Crippen LogP contribution is -2.12. The molecule has 0 bridgehead atoms. The number of aromatic nitrogens is 2. The minimum Gasteiger partial charge on any atom is -0.272 e. The van der Waals surface area contributed by atoms with Gasteiger partial charge in [0.15, 0.2) is 0 Å². The van der Waals surface area contributed by atoms with Crippen LogP contribution in [0.3, 0.4) is 0 Å². The molecule has 1 rings (SSSR count). The Bertz CT molecular complexity index is 312. The lowest BCUT2D eigenvalue weighted by atomic mass is 10.1. The van der Waals surface area contributed by atoms with E-state index in [9.17, 15) is 13.2 Å². The smallest absolute Gasteiger partial charge is 0.272 e. The van der Waals surface area contributed by atoms with Gasteiger partial charge in [0.2, 0.25) is 0 Å². The van der Waals surface area contributed by atoms with Gasteiger partial charge in [-0.2, -0.15) is 18.3 Å². The first-order valence-corrected chi connectivity index (χ1v) is 4.39. The molecule has 0 aliphatic rings. The topological polar surface area (TPSA) is 17.8 Å². The normalized spacial score (nSPS) is 12.5. The van der Waals surface area contributed by atoms with Crippen LogP contribution in [0.1, 0.15) is 31.2 Å². The highest BCUT2D eigenvalue weighted by molar-refractivity contribution is 5.14. The van der Waals surface area contributed by atoms with E-state index in [4.69, 9.17) is 0 Å². The van der Waals surface area contributed by atoms with E-state index in [0.29, 0.717) is 0 Å². The van der Waals surface area contributed by atoms with Crippen molar-refractivity contribution in [1.82, 2.24) is 9.78 Å². The maximum absolute atomic E-state index is 12.0. The van der Waals surface area contributed by atoms with Crippen molar-refractivity contribution in [3.63, 3.8) is 0 Å². The largest absolute Gasteiger partial charge is 0.394 e. The second-order valence-corrected chi connectivity index (χ2v) is 3.63. The number of alkyl halides is 3. The molecule has 5 heteroatoms. The van der Waals surface area contributed by atoms with Gasteiger partial charge in [0.25, 0.3) is 0 Å². The lowest BCUT2D eigenvalue weighted by Gasteiger charge is -2.02. The number of nitrogens with zero attached hydrogens (tertiary/aromatic N) is 2. The average Bonchev–Trinajstić information content (AvgIpc) is 2.26. The Morgan fingerprint density at radius 1 is 1.43 bits per heavy atom. The fraction of sp³-hybridized carbons (Fsp3) is 0.667. The minimum atomic E-state index is -4.18. The minimum absolute atomic E-state index is 0.0868. The van der Waals surface area contributed by atoms with Crippen LogP contribution in [-0.2, 0) is 13.5 Å². The number of rotatable bonds is 2. The Morgan fingerprint density at radius 3 is 2.36 bits per heavy atom. The zero-order valence-corrected chi connectivity index (χ0v) is 8.39. The van der Waals surface area contributed by atoms with Gasteiger partial charge in [-0.05, 0) is 12.0 Å². The molecule has 14 heavy (non-hydrogen) atoms. The van der Waals surface area contributed by atoms with Crippen LogP contribution in [0.25, 0.3) is 0 Å². The standard InChI is InChI=1S/C9H13F3N2/c1-6(2)8-4-7(13-14(8)3)5-9(10,11)12/h4,6H,5H2,1-3H3. The summed E-state index contributed by atoms with van der Waals surface area (Å²) in [7, 11) is 1.66. The van der Waals surface area contributed by atoms with Crippen molar-refractivity contribution in [2.24, 2.45) is 7.05 Å². The molecule has 80 valence electrons. The Hall–Kier alpha value is -1.00. The predicted molar refractivity (Wildman–Crippen MR) is 47.1 cm³/mol. The second-order valence-electron chi connectivity index (χ2n) is 3.63. The number of hydrogen-bond donors (Lipinski definition) is 0. The highest BCUT2D eigenvalue weighted by Gasteiger charge is 2.29. The van der Waals surface area contributed by atoms with E-state index in [1.807, 2.05) is 13.8 Å². The summed E-state index contributed by atoms with van der Waals surface area (Å²) in [4.78, 5) is 0. The number of aryl methyl sites for hydroxylation is 1. The predicted octanol–water partition coefficient (Wildman–Crippen LogP) is 2.65. The zero-order valence-electron chi connectivity index (χ0n) is 8.39. The maximum Gasteiger partial charge on any atom is 0.394 e. The maximum atomic E-state index is 12.0. The highest BCUT2D eigenvalue weighted by Crippen LogP contribution is 2.22. The fourth-order valence-electron chi connectivity index (χ4n) is 1.38. The molecule has 0 amide bonds. The van der Waals surface area contributed by atoms with E-state index in [-0.39, 0.29) is 11.6 Å². The SMILES string of the molecule is CC(C)c1cc(CC(F)(F)F)nn1C. The molecule has 1 heterocycles. The summed E-state index contributed by atoms with van der Waals surface area (Å²) in [5, 5.41) is 3.81. The Kier molecular flexibility index (Phi) is 2.87. The van der Waals surface area contributed by atoms with Crippen LogP contribution in [0.15, 0.2) is 6.07 Å². The molecule has 0 fully saturated rings. The fourth-order valence-corrected chi connectivity index (χ4v) is 1.38. The van der Waals surface area contributed by atoms with Crippen molar-refractivity contribution < 1.29 is 13.2 Å². The van der Waals surface area contributed by atoms with Gasteiger partial charge < -0.3 is 0 Å². The van der Waals surface area contributed by atoms with Crippen LogP contribution in [0.5, 0.6) is 0 Å². The van der Waals surface area contributed by atoms with Gasteiger partial charge in [0.1, 0.15) is 0 Å². The Morgan fingerprint density at radius 2 is 2.00 bits per heavy atom. The van der Waals surface area contributed by atoms with Crippen molar-refractivity contribution in [1.29, 1.82) is 0 Å². The summed E-state index contributed by atoms with van der Waals surface area (Å²) >= 11 is 0. The van der Waals surface area contributed by atoms with Crippen molar-refractivity contribution >= 4 is 0 Å². The monoisotopic (exact) mass is 206 g/mol. The van der Waals surface area contributed by atoms with E-state index < -0.39 is 12.6 Å². The van der Waals surface area contributed by atoms with Crippen LogP contribution < -0.4 is 0 Å². The molecule has 0 aliphatic heterocycles. The van der Waals surface area contributed by atoms with E-state index in [2.05, 4.69) is 5.10 Å². The van der Waals surface area contributed by atoms with Crippen molar-refractivity contribution in [2.45, 2.75) is 32.4 Å². The van der Waals surface area contributed by atoms with Gasteiger partial charge in [-0.3, -0.25) is 4.68 Å². The van der Waals surface area contributed by atoms with Crippen LogP contribution in [-0.4, -0.2) is 16.0 Å². The van der Waals surface area contributed by atoms with Crippen molar-refractivity contribution in [3.8, 4) is 0 Å². The van der Waals surface area contributed by atoms with Crippen LogP contribution in [0.4, 0.5) is 13.2 Å². The molecular formula is C9H13F3N2. The highest BCUT2D eigenvalue weighted by atomic mass is 19.4.